The molecular formula is C10H16N2O2. The second-order valence-corrected chi connectivity index (χ2v) is 3.97. The molecule has 14 heavy (non-hydrogen) atoms. The summed E-state index contributed by atoms with van der Waals surface area (Å²) in [6.45, 7) is 0.863. The van der Waals surface area contributed by atoms with Crippen LogP contribution in [0.25, 0.3) is 0 Å². The third kappa shape index (κ3) is 1.96. The third-order valence-corrected chi connectivity index (χ3v) is 2.98. The van der Waals surface area contributed by atoms with Gasteiger partial charge in [0, 0.05) is 5.54 Å². The summed E-state index contributed by atoms with van der Waals surface area (Å²) in [5, 5.41) is 12.7. The predicted molar refractivity (Wildman–Crippen MR) is 51.6 cm³/mol. The number of nitrogens with one attached hydrogen (secondary N) is 1. The zero-order chi connectivity index (χ0) is 9.86. The zero-order valence-electron chi connectivity index (χ0n) is 8.20. The molecule has 0 aliphatic heterocycles. The Morgan fingerprint density at radius 3 is 2.86 bits per heavy atom. The fourth-order valence-electron chi connectivity index (χ4n) is 2.05. The van der Waals surface area contributed by atoms with E-state index < -0.39 is 0 Å². The lowest BCUT2D eigenvalue weighted by molar-refractivity contribution is 0.160. The van der Waals surface area contributed by atoms with E-state index in [-0.39, 0.29) is 12.1 Å². The number of aliphatic hydroxyl groups is 1. The summed E-state index contributed by atoms with van der Waals surface area (Å²) in [4.78, 5) is 3.85. The van der Waals surface area contributed by atoms with E-state index in [4.69, 9.17) is 4.42 Å². The number of oxazole rings is 1. The second kappa shape index (κ2) is 4.11. The van der Waals surface area contributed by atoms with Crippen molar-refractivity contribution >= 4 is 0 Å². The quantitative estimate of drug-likeness (QED) is 0.756. The molecular weight excluding hydrogens is 180 g/mol. The van der Waals surface area contributed by atoms with Crippen LogP contribution in [-0.4, -0.2) is 22.2 Å². The first-order valence-corrected chi connectivity index (χ1v) is 5.08. The average Bonchev–Trinajstić information content (AvgIpc) is 2.87. The smallest absolute Gasteiger partial charge is 0.180 e. The van der Waals surface area contributed by atoms with Crippen LogP contribution in [0.15, 0.2) is 17.0 Å². The van der Waals surface area contributed by atoms with Gasteiger partial charge >= 0.3 is 0 Å². The monoisotopic (exact) mass is 196 g/mol. The summed E-state index contributed by atoms with van der Waals surface area (Å²) >= 11 is 0. The Kier molecular flexibility index (Phi) is 2.84. The summed E-state index contributed by atoms with van der Waals surface area (Å²) in [7, 11) is 0. The Bertz CT molecular complexity index is 266. The van der Waals surface area contributed by atoms with E-state index in [9.17, 15) is 5.11 Å². The van der Waals surface area contributed by atoms with Gasteiger partial charge in [0.1, 0.15) is 5.76 Å². The van der Waals surface area contributed by atoms with Crippen molar-refractivity contribution in [3.63, 3.8) is 0 Å². The van der Waals surface area contributed by atoms with E-state index in [1.807, 2.05) is 0 Å². The minimum Gasteiger partial charge on any atom is -0.447 e. The maximum Gasteiger partial charge on any atom is 0.180 e. The first-order chi connectivity index (χ1) is 6.85. The van der Waals surface area contributed by atoms with Gasteiger partial charge in [-0.3, -0.25) is 0 Å². The molecule has 4 nitrogen and oxygen atoms in total. The van der Waals surface area contributed by atoms with Gasteiger partial charge in [-0.15, -0.1) is 0 Å². The van der Waals surface area contributed by atoms with E-state index >= 15 is 0 Å². The Labute approximate surface area is 83.3 Å². The van der Waals surface area contributed by atoms with Crippen LogP contribution in [0, 0.1) is 0 Å². The van der Waals surface area contributed by atoms with Gasteiger partial charge in [0.05, 0.1) is 19.3 Å². The molecule has 1 heterocycles. The van der Waals surface area contributed by atoms with E-state index in [1.54, 1.807) is 6.20 Å². The van der Waals surface area contributed by atoms with Gasteiger partial charge in [0.2, 0.25) is 0 Å². The Morgan fingerprint density at radius 2 is 2.29 bits per heavy atom. The van der Waals surface area contributed by atoms with Crippen molar-refractivity contribution in [1.29, 1.82) is 0 Å². The van der Waals surface area contributed by atoms with Crippen molar-refractivity contribution < 1.29 is 9.52 Å². The molecule has 0 amide bonds. The lowest BCUT2D eigenvalue weighted by atomic mass is 9.99. The van der Waals surface area contributed by atoms with E-state index in [0.29, 0.717) is 6.54 Å². The van der Waals surface area contributed by atoms with E-state index in [0.717, 1.165) is 18.6 Å². The maximum absolute atomic E-state index is 9.34. The fourth-order valence-corrected chi connectivity index (χ4v) is 2.05. The van der Waals surface area contributed by atoms with E-state index in [2.05, 4.69) is 10.3 Å². The molecule has 0 unspecified atom stereocenters. The largest absolute Gasteiger partial charge is 0.447 e. The molecule has 1 aromatic rings. The molecule has 0 aromatic carbocycles. The van der Waals surface area contributed by atoms with Gasteiger partial charge < -0.3 is 14.8 Å². The average molecular weight is 196 g/mol. The number of hydrogen-bond acceptors (Lipinski definition) is 4. The second-order valence-electron chi connectivity index (χ2n) is 3.97. The van der Waals surface area contributed by atoms with Gasteiger partial charge in [-0.05, 0) is 12.8 Å². The van der Waals surface area contributed by atoms with Crippen molar-refractivity contribution in [3.05, 3.63) is 18.4 Å². The zero-order valence-corrected chi connectivity index (χ0v) is 8.20. The van der Waals surface area contributed by atoms with Gasteiger partial charge in [-0.25, -0.2) is 4.98 Å². The van der Waals surface area contributed by atoms with Crippen molar-refractivity contribution in [1.82, 2.24) is 10.3 Å². The molecule has 0 radical (unpaired) electrons. The standard InChI is InChI=1S/C10H16N2O2/c13-7-10(3-1-2-4-10)12-6-9-5-11-8-14-9/h5,8,12-13H,1-4,6-7H2. The van der Waals surface area contributed by atoms with Crippen LogP contribution in [0.4, 0.5) is 0 Å². The molecule has 0 saturated heterocycles. The van der Waals surface area contributed by atoms with Crippen LogP contribution in [0.2, 0.25) is 0 Å². The van der Waals surface area contributed by atoms with Crippen molar-refractivity contribution in [2.24, 2.45) is 0 Å². The normalized spacial score (nSPS) is 20.1. The highest BCUT2D eigenvalue weighted by atomic mass is 16.3. The molecule has 0 atom stereocenters. The molecule has 1 saturated carbocycles. The highest BCUT2D eigenvalue weighted by Gasteiger charge is 2.32. The number of rotatable bonds is 4. The summed E-state index contributed by atoms with van der Waals surface area (Å²) in [5.41, 5.74) is -0.0766. The van der Waals surface area contributed by atoms with Gasteiger partial charge in [0.25, 0.3) is 0 Å². The Balaban J connectivity index is 1.89. The lowest BCUT2D eigenvalue weighted by Gasteiger charge is -2.27. The summed E-state index contributed by atoms with van der Waals surface area (Å²) in [6, 6.07) is 0. The summed E-state index contributed by atoms with van der Waals surface area (Å²) in [5.74, 6) is 0.824. The van der Waals surface area contributed by atoms with Crippen LogP contribution < -0.4 is 5.32 Å². The van der Waals surface area contributed by atoms with Crippen LogP contribution in [0.3, 0.4) is 0 Å². The molecule has 1 aromatic heterocycles. The van der Waals surface area contributed by atoms with Crippen molar-refractivity contribution in [2.75, 3.05) is 6.61 Å². The molecule has 1 aliphatic rings. The minimum absolute atomic E-state index is 0.0766. The molecule has 4 heteroatoms. The molecule has 78 valence electrons. The van der Waals surface area contributed by atoms with Crippen LogP contribution in [0.1, 0.15) is 31.4 Å². The first kappa shape index (κ1) is 9.68. The van der Waals surface area contributed by atoms with Crippen LogP contribution in [0.5, 0.6) is 0 Å². The predicted octanol–water partition coefficient (Wildman–Crippen LogP) is 1.07. The van der Waals surface area contributed by atoms with Crippen LogP contribution >= 0.6 is 0 Å². The summed E-state index contributed by atoms with van der Waals surface area (Å²) in [6.07, 6.45) is 7.63. The number of aromatic nitrogens is 1. The minimum atomic E-state index is -0.0766. The SMILES string of the molecule is OCC1(NCc2cnco2)CCCC1. The number of aliphatic hydroxyl groups excluding tert-OH is 1. The van der Waals surface area contributed by atoms with Crippen LogP contribution in [-0.2, 0) is 6.54 Å². The molecule has 0 spiro atoms. The molecule has 1 aliphatic carbocycles. The Morgan fingerprint density at radius 1 is 1.50 bits per heavy atom. The molecule has 1 fully saturated rings. The first-order valence-electron chi connectivity index (χ1n) is 5.08. The van der Waals surface area contributed by atoms with Gasteiger partial charge in [-0.2, -0.15) is 0 Å². The topological polar surface area (TPSA) is 58.3 Å². The third-order valence-electron chi connectivity index (χ3n) is 2.98. The maximum atomic E-state index is 9.34. The lowest BCUT2D eigenvalue weighted by Crippen LogP contribution is -2.45. The van der Waals surface area contributed by atoms with Crippen molar-refractivity contribution in [2.45, 2.75) is 37.8 Å². The van der Waals surface area contributed by atoms with E-state index in [1.165, 1.54) is 19.2 Å². The van der Waals surface area contributed by atoms with Gasteiger partial charge in [-0.1, -0.05) is 12.8 Å². The van der Waals surface area contributed by atoms with Crippen molar-refractivity contribution in [3.8, 4) is 0 Å². The van der Waals surface area contributed by atoms with Gasteiger partial charge in [0.15, 0.2) is 6.39 Å². The molecule has 2 N–H and O–H groups in total. The highest BCUT2D eigenvalue weighted by Crippen LogP contribution is 2.29. The molecule has 2 rings (SSSR count). The number of hydrogen-bond donors (Lipinski definition) is 2. The Hall–Kier alpha value is -0.870. The number of nitrogens with zero attached hydrogens (tertiary/aromatic N) is 1. The summed E-state index contributed by atoms with van der Waals surface area (Å²) < 4.78 is 5.13. The highest BCUT2D eigenvalue weighted by molar-refractivity contribution is 4.96. The molecule has 0 bridgehead atoms. The fraction of sp³-hybridized carbons (Fsp3) is 0.700.